The molecule has 3 rings (SSSR count). The number of rotatable bonds is 5. The normalized spacial score (nSPS) is 17.0. The molecule has 1 saturated carbocycles. The van der Waals surface area contributed by atoms with Gasteiger partial charge in [0.25, 0.3) is 6.43 Å². The van der Waals surface area contributed by atoms with E-state index >= 15 is 0 Å². The largest absolute Gasteiger partial charge is 0.488 e. The van der Waals surface area contributed by atoms with Crippen LogP contribution in [0.5, 0.6) is 5.75 Å². The third-order valence-electron chi connectivity index (χ3n) is 3.75. The van der Waals surface area contributed by atoms with E-state index in [9.17, 15) is 13.6 Å². The highest BCUT2D eigenvalue weighted by Crippen LogP contribution is 2.30. The van der Waals surface area contributed by atoms with Gasteiger partial charge in [-0.2, -0.15) is 0 Å². The zero-order chi connectivity index (χ0) is 16.4. The summed E-state index contributed by atoms with van der Waals surface area (Å²) in [4.78, 5) is 13.4. The molecule has 0 bridgehead atoms. The Kier molecular flexibility index (Phi) is 4.66. The first-order valence-corrected chi connectivity index (χ1v) is 7.80. The van der Waals surface area contributed by atoms with Crippen LogP contribution in [0, 0.1) is 0 Å². The number of benzene rings is 1. The van der Waals surface area contributed by atoms with E-state index in [1.807, 2.05) is 6.08 Å². The molecule has 1 amide bonds. The average molecular weight is 340 g/mol. The van der Waals surface area contributed by atoms with Gasteiger partial charge in [0.05, 0.1) is 6.54 Å². The zero-order valence-corrected chi connectivity index (χ0v) is 13.1. The highest BCUT2D eigenvalue weighted by molar-refractivity contribution is 6.30. The molecule has 2 aliphatic rings. The Balaban J connectivity index is 1.71. The number of ether oxygens (including phenoxy) is 1. The molecule has 0 aromatic heterocycles. The van der Waals surface area contributed by atoms with E-state index in [4.69, 9.17) is 16.3 Å². The number of carbonyl (C=O) groups is 1. The molecule has 122 valence electrons. The van der Waals surface area contributed by atoms with Gasteiger partial charge in [0.2, 0.25) is 5.91 Å². The molecule has 23 heavy (non-hydrogen) atoms. The van der Waals surface area contributed by atoms with Crippen LogP contribution < -0.4 is 4.74 Å². The topological polar surface area (TPSA) is 29.5 Å². The van der Waals surface area contributed by atoms with Gasteiger partial charge in [-0.3, -0.25) is 4.79 Å². The first-order chi connectivity index (χ1) is 11.0. The molecule has 1 aliphatic heterocycles. The molecule has 6 heteroatoms. The van der Waals surface area contributed by atoms with E-state index < -0.39 is 13.0 Å². The monoisotopic (exact) mass is 339 g/mol. The SMILES string of the molecule is O=C(C=CC1=Cc2cc(Cl)ccc2OC1)N(CC(F)F)C1CC1. The van der Waals surface area contributed by atoms with Gasteiger partial charge >= 0.3 is 0 Å². The number of nitrogens with zero attached hydrogens (tertiary/aromatic N) is 1. The van der Waals surface area contributed by atoms with Crippen LogP contribution in [0.1, 0.15) is 18.4 Å². The molecule has 0 unspecified atom stereocenters. The minimum Gasteiger partial charge on any atom is -0.488 e. The molecule has 1 aromatic rings. The molecule has 0 saturated heterocycles. The van der Waals surface area contributed by atoms with Crippen LogP contribution >= 0.6 is 11.6 Å². The first-order valence-electron chi connectivity index (χ1n) is 7.42. The molecular weight excluding hydrogens is 324 g/mol. The Bertz CT molecular complexity index is 669. The lowest BCUT2D eigenvalue weighted by molar-refractivity contribution is -0.128. The zero-order valence-electron chi connectivity index (χ0n) is 12.3. The third kappa shape index (κ3) is 4.10. The summed E-state index contributed by atoms with van der Waals surface area (Å²) in [5.41, 5.74) is 1.63. The van der Waals surface area contributed by atoms with Gasteiger partial charge in [0.15, 0.2) is 0 Å². The van der Waals surface area contributed by atoms with Crippen molar-refractivity contribution in [3.05, 3.63) is 46.5 Å². The lowest BCUT2D eigenvalue weighted by Crippen LogP contribution is -2.35. The summed E-state index contributed by atoms with van der Waals surface area (Å²) in [5.74, 6) is 0.348. The van der Waals surface area contributed by atoms with Crippen molar-refractivity contribution in [1.82, 2.24) is 4.90 Å². The number of hydrogen-bond acceptors (Lipinski definition) is 2. The van der Waals surface area contributed by atoms with Gasteiger partial charge in [-0.15, -0.1) is 0 Å². The van der Waals surface area contributed by atoms with Crippen molar-refractivity contribution in [2.24, 2.45) is 0 Å². The summed E-state index contributed by atoms with van der Waals surface area (Å²) in [6.07, 6.45) is 3.91. The van der Waals surface area contributed by atoms with Crippen molar-refractivity contribution in [2.45, 2.75) is 25.3 Å². The molecule has 1 heterocycles. The van der Waals surface area contributed by atoms with Gasteiger partial charge < -0.3 is 9.64 Å². The Morgan fingerprint density at radius 3 is 2.91 bits per heavy atom. The molecule has 1 aliphatic carbocycles. The minimum atomic E-state index is -2.51. The van der Waals surface area contributed by atoms with Crippen LogP contribution in [0.3, 0.4) is 0 Å². The molecule has 0 N–H and O–H groups in total. The second-order valence-corrected chi connectivity index (χ2v) is 6.07. The van der Waals surface area contributed by atoms with E-state index in [2.05, 4.69) is 0 Å². The number of hydrogen-bond donors (Lipinski definition) is 0. The molecule has 3 nitrogen and oxygen atoms in total. The Hall–Kier alpha value is -1.88. The molecule has 1 fully saturated rings. The maximum Gasteiger partial charge on any atom is 0.255 e. The van der Waals surface area contributed by atoms with Gasteiger partial charge in [-0.25, -0.2) is 8.78 Å². The fraction of sp³-hybridized carbons (Fsp3) is 0.353. The molecule has 1 aromatic carbocycles. The summed E-state index contributed by atoms with van der Waals surface area (Å²) in [6, 6.07) is 5.27. The maximum absolute atomic E-state index is 12.6. The number of alkyl halides is 2. The van der Waals surface area contributed by atoms with E-state index in [0.717, 1.165) is 29.7 Å². The molecular formula is C17H16ClF2NO2. The van der Waals surface area contributed by atoms with Crippen molar-refractivity contribution in [3.63, 3.8) is 0 Å². The van der Waals surface area contributed by atoms with Crippen molar-refractivity contribution >= 4 is 23.6 Å². The van der Waals surface area contributed by atoms with Gasteiger partial charge in [-0.05, 0) is 42.7 Å². The smallest absolute Gasteiger partial charge is 0.255 e. The highest BCUT2D eigenvalue weighted by Gasteiger charge is 2.33. The van der Waals surface area contributed by atoms with Crippen molar-refractivity contribution in [1.29, 1.82) is 0 Å². The number of halogens is 3. The van der Waals surface area contributed by atoms with Crippen LogP contribution in [-0.4, -0.2) is 36.4 Å². The van der Waals surface area contributed by atoms with Crippen LogP contribution in [0.15, 0.2) is 35.9 Å². The summed E-state index contributed by atoms with van der Waals surface area (Å²) in [6.45, 7) is -0.182. The number of amides is 1. The lowest BCUT2D eigenvalue weighted by atomic mass is 10.1. The van der Waals surface area contributed by atoms with Crippen LogP contribution in [0.4, 0.5) is 8.78 Å². The Morgan fingerprint density at radius 1 is 1.43 bits per heavy atom. The Morgan fingerprint density at radius 2 is 2.22 bits per heavy atom. The average Bonchev–Trinajstić information content (AvgIpc) is 3.34. The van der Waals surface area contributed by atoms with Crippen LogP contribution in [0.25, 0.3) is 6.08 Å². The van der Waals surface area contributed by atoms with Crippen molar-refractivity contribution < 1.29 is 18.3 Å². The maximum atomic E-state index is 12.6. The summed E-state index contributed by atoms with van der Waals surface area (Å²) in [7, 11) is 0. The highest BCUT2D eigenvalue weighted by atomic mass is 35.5. The van der Waals surface area contributed by atoms with Crippen molar-refractivity contribution in [2.75, 3.05) is 13.2 Å². The predicted octanol–water partition coefficient (Wildman–Crippen LogP) is 3.93. The molecule has 0 spiro atoms. The van der Waals surface area contributed by atoms with E-state index in [-0.39, 0.29) is 11.9 Å². The summed E-state index contributed by atoms with van der Waals surface area (Å²) < 4.78 is 30.7. The first kappa shape index (κ1) is 16.0. The Labute approximate surface area is 138 Å². The van der Waals surface area contributed by atoms with E-state index in [0.29, 0.717) is 11.6 Å². The number of fused-ring (bicyclic) bond motifs is 1. The van der Waals surface area contributed by atoms with E-state index in [1.54, 1.807) is 24.3 Å². The standard InChI is InChI=1S/C17H16ClF2NO2/c18-13-2-5-15-12(8-13)7-11(10-23-15)1-6-17(22)21(9-16(19)20)14-3-4-14/h1-2,5-8,14,16H,3-4,9-10H2. The fourth-order valence-electron chi connectivity index (χ4n) is 2.49. The second kappa shape index (κ2) is 6.71. The quantitative estimate of drug-likeness (QED) is 0.761. The molecule has 0 radical (unpaired) electrons. The van der Waals surface area contributed by atoms with Gasteiger partial charge in [-0.1, -0.05) is 17.7 Å². The fourth-order valence-corrected chi connectivity index (χ4v) is 2.67. The lowest BCUT2D eigenvalue weighted by Gasteiger charge is -2.20. The van der Waals surface area contributed by atoms with Crippen molar-refractivity contribution in [3.8, 4) is 5.75 Å². The van der Waals surface area contributed by atoms with Gasteiger partial charge in [0.1, 0.15) is 12.4 Å². The summed E-state index contributed by atoms with van der Waals surface area (Å²) >= 11 is 5.95. The van der Waals surface area contributed by atoms with E-state index in [1.165, 1.54) is 11.0 Å². The molecule has 0 atom stereocenters. The minimum absolute atomic E-state index is 0.0442. The van der Waals surface area contributed by atoms with Crippen LogP contribution in [0.2, 0.25) is 5.02 Å². The number of carbonyl (C=O) groups excluding carboxylic acids is 1. The second-order valence-electron chi connectivity index (χ2n) is 5.64. The third-order valence-corrected chi connectivity index (χ3v) is 3.99. The summed E-state index contributed by atoms with van der Waals surface area (Å²) in [5, 5.41) is 0.599. The van der Waals surface area contributed by atoms with Gasteiger partial charge in [0, 0.05) is 22.7 Å². The van der Waals surface area contributed by atoms with Crippen LogP contribution in [-0.2, 0) is 4.79 Å². The predicted molar refractivity (Wildman–Crippen MR) is 84.8 cm³/mol.